The summed E-state index contributed by atoms with van der Waals surface area (Å²) in [6, 6.07) is 0.253. The highest BCUT2D eigenvalue weighted by Gasteiger charge is 2.02. The van der Waals surface area contributed by atoms with Gasteiger partial charge in [-0.05, 0) is 18.6 Å². The topological polar surface area (TPSA) is 60.2 Å². The molecule has 0 bridgehead atoms. The van der Waals surface area contributed by atoms with Crippen LogP contribution in [-0.4, -0.2) is 38.0 Å². The second kappa shape index (κ2) is 6.68. The zero-order valence-electron chi connectivity index (χ0n) is 8.32. The summed E-state index contributed by atoms with van der Waals surface area (Å²) >= 11 is 1.74. The molecule has 13 heavy (non-hydrogen) atoms. The third-order valence-corrected chi connectivity index (χ3v) is 3.93. The van der Waals surface area contributed by atoms with Crippen LogP contribution in [0.4, 0.5) is 0 Å². The SMILES string of the molecule is CCC(N)CSCCCS(C)(=O)=O. The lowest BCUT2D eigenvalue weighted by Crippen LogP contribution is -2.21. The van der Waals surface area contributed by atoms with Gasteiger partial charge < -0.3 is 5.73 Å². The van der Waals surface area contributed by atoms with Crippen molar-refractivity contribution in [3.05, 3.63) is 0 Å². The van der Waals surface area contributed by atoms with Crippen molar-refractivity contribution in [3.63, 3.8) is 0 Å². The summed E-state index contributed by atoms with van der Waals surface area (Å²) in [6.07, 6.45) is 2.99. The van der Waals surface area contributed by atoms with E-state index >= 15 is 0 Å². The lowest BCUT2D eigenvalue weighted by molar-refractivity contribution is 0.600. The molecule has 1 unspecified atom stereocenters. The zero-order chi connectivity index (χ0) is 10.3. The van der Waals surface area contributed by atoms with Crippen molar-refractivity contribution in [1.29, 1.82) is 0 Å². The van der Waals surface area contributed by atoms with E-state index in [4.69, 9.17) is 5.73 Å². The molecule has 0 aliphatic rings. The molecule has 0 saturated heterocycles. The quantitative estimate of drug-likeness (QED) is 0.654. The summed E-state index contributed by atoms with van der Waals surface area (Å²) in [4.78, 5) is 0. The van der Waals surface area contributed by atoms with E-state index in [0.29, 0.717) is 5.75 Å². The molecule has 5 heteroatoms. The summed E-state index contributed by atoms with van der Waals surface area (Å²) in [6.45, 7) is 2.06. The molecular formula is C8H19NO2S2. The molecule has 1 atom stereocenters. The van der Waals surface area contributed by atoms with Gasteiger partial charge >= 0.3 is 0 Å². The van der Waals surface area contributed by atoms with E-state index in [1.807, 2.05) is 0 Å². The molecule has 0 fully saturated rings. The minimum Gasteiger partial charge on any atom is -0.327 e. The number of hydrogen-bond donors (Lipinski definition) is 1. The predicted octanol–water partition coefficient (Wildman–Crippen LogP) is 0.892. The second-order valence-electron chi connectivity index (χ2n) is 3.23. The fraction of sp³-hybridized carbons (Fsp3) is 1.00. The standard InChI is InChI=1S/C8H19NO2S2/c1-3-8(9)7-12-5-4-6-13(2,10)11/h8H,3-7,9H2,1-2H3. The van der Waals surface area contributed by atoms with Crippen molar-refractivity contribution in [3.8, 4) is 0 Å². The van der Waals surface area contributed by atoms with Gasteiger partial charge in [0.25, 0.3) is 0 Å². The van der Waals surface area contributed by atoms with Gasteiger partial charge in [0.15, 0.2) is 0 Å². The molecule has 0 aromatic heterocycles. The Morgan fingerprint density at radius 3 is 2.54 bits per heavy atom. The van der Waals surface area contributed by atoms with Crippen molar-refractivity contribution < 1.29 is 8.42 Å². The monoisotopic (exact) mass is 225 g/mol. The third kappa shape index (κ3) is 10.2. The van der Waals surface area contributed by atoms with Gasteiger partial charge in [0.1, 0.15) is 9.84 Å². The molecule has 0 aliphatic carbocycles. The van der Waals surface area contributed by atoms with Gasteiger partial charge in [-0.2, -0.15) is 11.8 Å². The minimum absolute atomic E-state index is 0.253. The van der Waals surface area contributed by atoms with Crippen molar-refractivity contribution in [2.24, 2.45) is 5.73 Å². The second-order valence-corrected chi connectivity index (χ2v) is 6.64. The van der Waals surface area contributed by atoms with Crippen LogP contribution in [0.1, 0.15) is 19.8 Å². The molecule has 0 amide bonds. The molecule has 0 aromatic rings. The number of thioether (sulfide) groups is 1. The van der Waals surface area contributed by atoms with E-state index in [9.17, 15) is 8.42 Å². The Morgan fingerprint density at radius 1 is 1.46 bits per heavy atom. The Balaban J connectivity index is 3.27. The first-order valence-corrected chi connectivity index (χ1v) is 7.68. The summed E-state index contributed by atoms with van der Waals surface area (Å²) in [5, 5.41) is 0. The fourth-order valence-electron chi connectivity index (χ4n) is 0.776. The summed E-state index contributed by atoms with van der Waals surface area (Å²) < 4.78 is 21.5. The van der Waals surface area contributed by atoms with E-state index in [2.05, 4.69) is 6.92 Å². The van der Waals surface area contributed by atoms with Crippen molar-refractivity contribution in [2.75, 3.05) is 23.5 Å². The third-order valence-electron chi connectivity index (χ3n) is 1.66. The largest absolute Gasteiger partial charge is 0.327 e. The Hall–Kier alpha value is 0.260. The molecule has 2 N–H and O–H groups in total. The smallest absolute Gasteiger partial charge is 0.147 e. The molecule has 0 heterocycles. The number of hydrogen-bond acceptors (Lipinski definition) is 4. The van der Waals surface area contributed by atoms with Gasteiger partial charge in [0.05, 0.1) is 5.75 Å². The summed E-state index contributed by atoms with van der Waals surface area (Å²) in [7, 11) is -2.77. The zero-order valence-corrected chi connectivity index (χ0v) is 9.96. The van der Waals surface area contributed by atoms with Gasteiger partial charge in [0.2, 0.25) is 0 Å². The van der Waals surface area contributed by atoms with Crippen LogP contribution in [0.2, 0.25) is 0 Å². The Morgan fingerprint density at radius 2 is 2.08 bits per heavy atom. The van der Waals surface area contributed by atoms with E-state index in [-0.39, 0.29) is 6.04 Å². The van der Waals surface area contributed by atoms with Gasteiger partial charge in [-0.25, -0.2) is 8.42 Å². The Labute approximate surface area is 85.4 Å². The van der Waals surface area contributed by atoms with Crippen LogP contribution < -0.4 is 5.73 Å². The number of nitrogens with two attached hydrogens (primary N) is 1. The maximum absolute atomic E-state index is 10.8. The van der Waals surface area contributed by atoms with E-state index in [1.165, 1.54) is 6.26 Å². The van der Waals surface area contributed by atoms with E-state index < -0.39 is 9.84 Å². The average Bonchev–Trinajstić information content (AvgIpc) is 2.01. The van der Waals surface area contributed by atoms with Gasteiger partial charge in [-0.3, -0.25) is 0 Å². The van der Waals surface area contributed by atoms with Gasteiger partial charge in [-0.15, -0.1) is 0 Å². The first kappa shape index (κ1) is 13.3. The molecule has 0 aromatic carbocycles. The normalized spacial score (nSPS) is 14.4. The first-order chi connectivity index (χ1) is 5.95. The number of rotatable bonds is 7. The highest BCUT2D eigenvalue weighted by atomic mass is 32.2. The van der Waals surface area contributed by atoms with Crippen LogP contribution in [0.25, 0.3) is 0 Å². The minimum atomic E-state index is -2.77. The van der Waals surface area contributed by atoms with Crippen LogP contribution in [0.15, 0.2) is 0 Å². The highest BCUT2D eigenvalue weighted by molar-refractivity contribution is 7.99. The summed E-state index contributed by atoms with van der Waals surface area (Å²) in [5.41, 5.74) is 5.70. The lowest BCUT2D eigenvalue weighted by Gasteiger charge is -2.07. The number of sulfone groups is 1. The van der Waals surface area contributed by atoms with Crippen molar-refractivity contribution in [2.45, 2.75) is 25.8 Å². The average molecular weight is 225 g/mol. The molecular weight excluding hydrogens is 206 g/mol. The lowest BCUT2D eigenvalue weighted by atomic mass is 10.3. The van der Waals surface area contributed by atoms with Crippen molar-refractivity contribution in [1.82, 2.24) is 0 Å². The maximum Gasteiger partial charge on any atom is 0.147 e. The fourth-order valence-corrected chi connectivity index (χ4v) is 2.68. The molecule has 0 saturated carbocycles. The maximum atomic E-state index is 10.8. The highest BCUT2D eigenvalue weighted by Crippen LogP contribution is 2.06. The molecule has 0 spiro atoms. The first-order valence-electron chi connectivity index (χ1n) is 4.46. The van der Waals surface area contributed by atoms with E-state index in [1.54, 1.807) is 11.8 Å². The summed E-state index contributed by atoms with van der Waals surface area (Å²) in [5.74, 6) is 2.11. The van der Waals surface area contributed by atoms with Crippen LogP contribution in [0.3, 0.4) is 0 Å². The molecule has 0 aliphatic heterocycles. The Bertz CT molecular complexity index is 214. The molecule has 0 rings (SSSR count). The Kier molecular flexibility index (Phi) is 6.81. The van der Waals surface area contributed by atoms with Crippen LogP contribution in [0, 0.1) is 0 Å². The molecule has 3 nitrogen and oxygen atoms in total. The van der Waals surface area contributed by atoms with Gasteiger partial charge in [-0.1, -0.05) is 6.92 Å². The predicted molar refractivity (Wildman–Crippen MR) is 59.9 cm³/mol. The van der Waals surface area contributed by atoms with E-state index in [0.717, 1.165) is 24.3 Å². The van der Waals surface area contributed by atoms with Crippen molar-refractivity contribution >= 4 is 21.6 Å². The van der Waals surface area contributed by atoms with Crippen LogP contribution in [0.5, 0.6) is 0 Å². The molecule has 0 radical (unpaired) electrons. The molecule has 80 valence electrons. The van der Waals surface area contributed by atoms with Crippen LogP contribution in [-0.2, 0) is 9.84 Å². The van der Waals surface area contributed by atoms with Gasteiger partial charge in [0, 0.05) is 18.1 Å². The van der Waals surface area contributed by atoms with Crippen LogP contribution >= 0.6 is 11.8 Å².